The Labute approximate surface area is 99.1 Å². The number of thioether (sulfide) groups is 1. The van der Waals surface area contributed by atoms with Gasteiger partial charge in [-0.15, -0.1) is 0 Å². The van der Waals surface area contributed by atoms with E-state index >= 15 is 0 Å². The summed E-state index contributed by atoms with van der Waals surface area (Å²) in [4.78, 5) is 4.61. The van der Waals surface area contributed by atoms with Crippen molar-refractivity contribution in [3.8, 4) is 0 Å². The van der Waals surface area contributed by atoms with Gasteiger partial charge in [-0.05, 0) is 42.4 Å². The van der Waals surface area contributed by atoms with Crippen molar-refractivity contribution < 1.29 is 0 Å². The van der Waals surface area contributed by atoms with Gasteiger partial charge in [-0.2, -0.15) is 11.8 Å². The van der Waals surface area contributed by atoms with Crippen molar-refractivity contribution in [1.29, 1.82) is 0 Å². The van der Waals surface area contributed by atoms with Crippen LogP contribution in [-0.2, 0) is 6.42 Å². The molecule has 1 atom stereocenters. The van der Waals surface area contributed by atoms with Crippen LogP contribution in [0.1, 0.15) is 12.1 Å². The van der Waals surface area contributed by atoms with E-state index in [1.807, 2.05) is 22.6 Å². The van der Waals surface area contributed by atoms with Crippen LogP contribution in [0.2, 0.25) is 0 Å². The second-order valence-corrected chi connectivity index (χ2v) is 5.49. The first-order valence-electron chi connectivity index (χ1n) is 5.63. The van der Waals surface area contributed by atoms with Crippen LogP contribution < -0.4 is 5.73 Å². The van der Waals surface area contributed by atoms with Crippen LogP contribution in [0.25, 0.3) is 5.65 Å². The number of hydrogen-bond donors (Lipinski definition) is 1. The molecule has 0 amide bonds. The molecule has 2 N–H and O–H groups in total. The Morgan fingerprint density at radius 3 is 3.19 bits per heavy atom. The lowest BCUT2D eigenvalue weighted by Crippen LogP contribution is -2.02. The fraction of sp³-hybridized carbons (Fsp3) is 0.417. The zero-order valence-electron chi connectivity index (χ0n) is 9.10. The van der Waals surface area contributed by atoms with Gasteiger partial charge in [-0.1, -0.05) is 6.07 Å². The van der Waals surface area contributed by atoms with E-state index in [1.54, 1.807) is 0 Å². The van der Waals surface area contributed by atoms with Gasteiger partial charge in [0.1, 0.15) is 11.5 Å². The number of rotatable bonds is 2. The third kappa shape index (κ3) is 1.78. The molecule has 1 fully saturated rings. The van der Waals surface area contributed by atoms with Crippen LogP contribution in [0.4, 0.5) is 5.82 Å². The number of fused-ring (bicyclic) bond motifs is 1. The van der Waals surface area contributed by atoms with Crippen molar-refractivity contribution in [2.75, 3.05) is 17.2 Å². The predicted molar refractivity (Wildman–Crippen MR) is 68.7 cm³/mol. The normalized spacial score (nSPS) is 20.6. The van der Waals surface area contributed by atoms with Gasteiger partial charge in [0.15, 0.2) is 0 Å². The molecule has 16 heavy (non-hydrogen) atoms. The number of aromatic nitrogens is 2. The average molecular weight is 233 g/mol. The van der Waals surface area contributed by atoms with Crippen molar-refractivity contribution in [2.45, 2.75) is 12.8 Å². The molecule has 84 valence electrons. The highest BCUT2D eigenvalue weighted by molar-refractivity contribution is 7.99. The second kappa shape index (κ2) is 4.01. The highest BCUT2D eigenvalue weighted by Gasteiger charge is 2.17. The zero-order chi connectivity index (χ0) is 11.0. The van der Waals surface area contributed by atoms with Crippen LogP contribution in [0.15, 0.2) is 24.4 Å². The lowest BCUT2D eigenvalue weighted by molar-refractivity contribution is 0.589. The summed E-state index contributed by atoms with van der Waals surface area (Å²) in [5, 5.41) is 0. The van der Waals surface area contributed by atoms with Crippen molar-refractivity contribution in [3.05, 3.63) is 30.1 Å². The fourth-order valence-electron chi connectivity index (χ4n) is 2.22. The molecule has 0 saturated carbocycles. The van der Waals surface area contributed by atoms with Crippen molar-refractivity contribution in [1.82, 2.24) is 9.38 Å². The van der Waals surface area contributed by atoms with Gasteiger partial charge >= 0.3 is 0 Å². The van der Waals surface area contributed by atoms with E-state index in [9.17, 15) is 0 Å². The molecule has 1 unspecified atom stereocenters. The van der Waals surface area contributed by atoms with Gasteiger partial charge in [0, 0.05) is 6.20 Å². The molecule has 0 aliphatic carbocycles. The van der Waals surface area contributed by atoms with Gasteiger partial charge in [-0.3, -0.25) is 4.40 Å². The number of nitrogen functional groups attached to an aromatic ring is 1. The summed E-state index contributed by atoms with van der Waals surface area (Å²) in [7, 11) is 0. The van der Waals surface area contributed by atoms with E-state index in [0.29, 0.717) is 0 Å². The fourth-order valence-corrected chi connectivity index (χ4v) is 3.51. The maximum atomic E-state index is 5.90. The van der Waals surface area contributed by atoms with Gasteiger partial charge in [-0.25, -0.2) is 4.98 Å². The number of pyridine rings is 1. The molecule has 1 aliphatic rings. The Kier molecular flexibility index (Phi) is 2.52. The van der Waals surface area contributed by atoms with Crippen LogP contribution in [0, 0.1) is 5.92 Å². The molecule has 4 heteroatoms. The monoisotopic (exact) mass is 233 g/mol. The maximum Gasteiger partial charge on any atom is 0.138 e. The van der Waals surface area contributed by atoms with E-state index in [2.05, 4.69) is 22.9 Å². The smallest absolute Gasteiger partial charge is 0.138 e. The number of nitrogens with two attached hydrogens (primary N) is 1. The number of anilines is 1. The third-order valence-corrected chi connectivity index (χ3v) is 4.33. The molecule has 0 aromatic carbocycles. The van der Waals surface area contributed by atoms with Gasteiger partial charge in [0.2, 0.25) is 0 Å². The van der Waals surface area contributed by atoms with E-state index in [-0.39, 0.29) is 0 Å². The first-order chi connectivity index (χ1) is 7.83. The summed E-state index contributed by atoms with van der Waals surface area (Å²) in [6.07, 6.45) is 4.50. The van der Waals surface area contributed by atoms with E-state index in [1.165, 1.54) is 23.6 Å². The number of hydrogen-bond acceptors (Lipinski definition) is 3. The van der Waals surface area contributed by atoms with E-state index in [4.69, 9.17) is 5.73 Å². The van der Waals surface area contributed by atoms with Crippen molar-refractivity contribution >= 4 is 23.2 Å². The van der Waals surface area contributed by atoms with Crippen LogP contribution in [0.3, 0.4) is 0 Å². The largest absolute Gasteiger partial charge is 0.385 e. The van der Waals surface area contributed by atoms with Crippen molar-refractivity contribution in [3.63, 3.8) is 0 Å². The van der Waals surface area contributed by atoms with Crippen LogP contribution in [-0.4, -0.2) is 20.9 Å². The molecule has 3 heterocycles. The Balaban J connectivity index is 1.90. The SMILES string of the molecule is Nc1cccc2nc(CC3CCSC3)cn12. The molecule has 2 aromatic heterocycles. The first kappa shape index (κ1) is 10.0. The van der Waals surface area contributed by atoms with Crippen LogP contribution >= 0.6 is 11.8 Å². The Bertz CT molecular complexity index is 500. The van der Waals surface area contributed by atoms with Crippen LogP contribution in [0.5, 0.6) is 0 Å². The molecule has 1 aliphatic heterocycles. The van der Waals surface area contributed by atoms with Gasteiger partial charge < -0.3 is 5.73 Å². The minimum Gasteiger partial charge on any atom is -0.385 e. The minimum atomic E-state index is 0.761. The van der Waals surface area contributed by atoms with Gasteiger partial charge in [0.05, 0.1) is 5.69 Å². The quantitative estimate of drug-likeness (QED) is 0.865. The average Bonchev–Trinajstić information content (AvgIpc) is 2.88. The predicted octanol–water partition coefficient (Wildman–Crippen LogP) is 2.21. The summed E-state index contributed by atoms with van der Waals surface area (Å²) in [5.74, 6) is 4.15. The molecular weight excluding hydrogens is 218 g/mol. The molecule has 1 saturated heterocycles. The Hall–Kier alpha value is -1.16. The summed E-state index contributed by atoms with van der Waals surface area (Å²) in [6.45, 7) is 0. The van der Waals surface area contributed by atoms with E-state index in [0.717, 1.165) is 23.8 Å². The number of nitrogens with zero attached hydrogens (tertiary/aromatic N) is 2. The Morgan fingerprint density at radius 2 is 2.44 bits per heavy atom. The highest BCUT2D eigenvalue weighted by Crippen LogP contribution is 2.26. The molecule has 3 rings (SSSR count). The molecule has 0 spiro atoms. The summed E-state index contributed by atoms with van der Waals surface area (Å²) < 4.78 is 1.97. The first-order valence-corrected chi connectivity index (χ1v) is 6.78. The minimum absolute atomic E-state index is 0.761. The third-order valence-electron chi connectivity index (χ3n) is 3.10. The molecule has 0 radical (unpaired) electrons. The lowest BCUT2D eigenvalue weighted by atomic mass is 10.0. The van der Waals surface area contributed by atoms with Crippen molar-refractivity contribution in [2.24, 2.45) is 5.92 Å². The lowest BCUT2D eigenvalue weighted by Gasteiger charge is -2.03. The molecule has 0 bridgehead atoms. The number of imidazole rings is 1. The molecule has 3 nitrogen and oxygen atoms in total. The summed E-state index contributed by atoms with van der Waals surface area (Å²) in [6, 6.07) is 5.86. The second-order valence-electron chi connectivity index (χ2n) is 4.34. The Morgan fingerprint density at radius 1 is 1.50 bits per heavy atom. The van der Waals surface area contributed by atoms with Gasteiger partial charge in [0.25, 0.3) is 0 Å². The molecular formula is C12H15N3S. The highest BCUT2D eigenvalue weighted by atomic mass is 32.2. The topological polar surface area (TPSA) is 43.3 Å². The summed E-state index contributed by atoms with van der Waals surface area (Å²) >= 11 is 2.05. The van der Waals surface area contributed by atoms with E-state index < -0.39 is 0 Å². The maximum absolute atomic E-state index is 5.90. The standard InChI is InChI=1S/C12H15N3S/c13-11-2-1-3-12-14-10(7-15(11)12)6-9-4-5-16-8-9/h1-3,7,9H,4-6,8,13H2. The molecule has 2 aromatic rings. The summed E-state index contributed by atoms with van der Waals surface area (Å²) in [5.41, 5.74) is 8.03. The zero-order valence-corrected chi connectivity index (χ0v) is 9.91.